The number of nitrogens with two attached hydrogens (primary N) is 2. The Morgan fingerprint density at radius 3 is 0.917 bits per heavy atom. The van der Waals surface area contributed by atoms with Crippen molar-refractivity contribution in [3.05, 3.63) is 241 Å². The summed E-state index contributed by atoms with van der Waals surface area (Å²) in [7, 11) is 7.09. The molecule has 0 aliphatic rings. The molecular formula is C52H50Cl2N2OP2Ru+4. The molecule has 0 fully saturated rings. The van der Waals surface area contributed by atoms with Crippen molar-refractivity contribution in [1.29, 1.82) is 0 Å². The van der Waals surface area contributed by atoms with E-state index >= 15 is 0 Å². The van der Waals surface area contributed by atoms with E-state index in [-0.39, 0.29) is 27.2 Å². The van der Waals surface area contributed by atoms with Crippen molar-refractivity contribution in [3.63, 3.8) is 0 Å². The topological polar surface area (TPSA) is 61.3 Å². The maximum absolute atomic E-state index is 7.05. The molecule has 0 saturated heterocycles. The van der Waals surface area contributed by atoms with Crippen molar-refractivity contribution in [2.75, 3.05) is 0 Å². The summed E-state index contributed by atoms with van der Waals surface area (Å²) in [6, 6.07) is 76.5. The second-order valence-electron chi connectivity index (χ2n) is 14.2. The third-order valence-electron chi connectivity index (χ3n) is 10.0. The fraction of sp³-hybridized carbons (Fsp3) is 0.0769. The van der Waals surface area contributed by atoms with Crippen LogP contribution in [0.1, 0.15) is 34.3 Å². The fourth-order valence-electron chi connectivity index (χ4n) is 7.11. The van der Waals surface area contributed by atoms with E-state index in [1.807, 2.05) is 60.7 Å². The Bertz CT molecular complexity index is 2220. The monoisotopic (exact) mass is 952 g/mol. The molecule has 0 spiro atoms. The van der Waals surface area contributed by atoms with E-state index in [1.54, 1.807) is 0 Å². The van der Waals surface area contributed by atoms with Crippen LogP contribution in [0.5, 0.6) is 11.5 Å². The van der Waals surface area contributed by atoms with E-state index in [1.165, 1.54) is 43.0 Å². The van der Waals surface area contributed by atoms with Gasteiger partial charge in [0.1, 0.15) is 47.7 Å². The van der Waals surface area contributed by atoms with Crippen LogP contribution in [0, 0.1) is 13.8 Å². The van der Waals surface area contributed by atoms with Crippen molar-refractivity contribution >= 4 is 67.1 Å². The molecule has 0 aliphatic heterocycles. The van der Waals surface area contributed by atoms with Crippen LogP contribution in [0.2, 0.25) is 0 Å². The summed E-state index contributed by atoms with van der Waals surface area (Å²) in [4.78, 5) is 0. The van der Waals surface area contributed by atoms with Gasteiger partial charge in [-0.25, -0.2) is 0 Å². The number of ether oxygens (including phenoxy) is 1. The molecule has 0 heterocycles. The van der Waals surface area contributed by atoms with Crippen molar-refractivity contribution < 1.29 is 19.9 Å². The summed E-state index contributed by atoms with van der Waals surface area (Å²) in [6.07, 6.45) is 0. The number of hydrogen-bond donors (Lipinski definition) is 2. The molecule has 2 unspecified atom stereocenters. The van der Waals surface area contributed by atoms with Gasteiger partial charge in [-0.15, -0.1) is 0 Å². The quantitative estimate of drug-likeness (QED) is 0.100. The number of hydrogen-bond acceptors (Lipinski definition) is 3. The normalized spacial score (nSPS) is 11.7. The first-order chi connectivity index (χ1) is 29.4. The zero-order valence-electron chi connectivity index (χ0n) is 33.6. The summed E-state index contributed by atoms with van der Waals surface area (Å²) >= 11 is -0.346. The number of rotatable bonds is 11. The zero-order valence-corrected chi connectivity index (χ0v) is 38.9. The van der Waals surface area contributed by atoms with Gasteiger partial charge < -0.3 is 16.2 Å². The van der Waals surface area contributed by atoms with E-state index in [2.05, 4.69) is 172 Å². The van der Waals surface area contributed by atoms with Crippen LogP contribution < -0.4 is 48.0 Å². The molecular weight excluding hydrogens is 903 g/mol. The summed E-state index contributed by atoms with van der Waals surface area (Å²) in [5.74, 6) is 1.87. The van der Waals surface area contributed by atoms with Gasteiger partial charge in [0.25, 0.3) is 0 Å². The van der Waals surface area contributed by atoms with Gasteiger partial charge in [0.15, 0.2) is 11.5 Å². The van der Waals surface area contributed by atoms with E-state index in [0.717, 1.165) is 22.6 Å². The van der Waals surface area contributed by atoms with Crippen LogP contribution in [0.15, 0.2) is 218 Å². The number of aryl methyl sites for hydroxylation is 2. The van der Waals surface area contributed by atoms with Crippen LogP contribution >= 0.6 is 35.2 Å². The third kappa shape index (κ3) is 12.3. The van der Waals surface area contributed by atoms with Crippen LogP contribution in [0.4, 0.5) is 0 Å². The first-order valence-electron chi connectivity index (χ1n) is 19.7. The molecule has 0 amide bonds. The van der Waals surface area contributed by atoms with Crippen molar-refractivity contribution in [1.82, 2.24) is 0 Å². The Balaban J connectivity index is 0.000000264. The Morgan fingerprint density at radius 2 is 0.650 bits per heavy atom. The summed E-state index contributed by atoms with van der Waals surface area (Å²) < 4.78 is 7.05. The molecule has 0 aromatic heterocycles. The average molecular weight is 953 g/mol. The first kappa shape index (κ1) is 45.1. The van der Waals surface area contributed by atoms with Crippen LogP contribution in [-0.4, -0.2) is 0 Å². The van der Waals surface area contributed by atoms with Gasteiger partial charge in [-0.1, -0.05) is 146 Å². The van der Waals surface area contributed by atoms with E-state index < -0.39 is 15.8 Å². The predicted molar refractivity (Wildman–Crippen MR) is 261 cm³/mol. The molecule has 8 aromatic rings. The second kappa shape index (κ2) is 23.5. The minimum absolute atomic E-state index is 0.163. The standard InChI is InChI=1S/C38H32OP2.C14H16N2.2ClH.Ru/c1-29-23-25-35(37(27-29)40(31-15-7-3-8-16-31)32-17-9-4-10-18-32)39-36-26-24-30(2)28-38(36)41(33-19-11-5-12-20-33)34-21-13-6-14-22-34;15-13(11-7-3-1-4-8-11)14(16)12-9-5-2-6-10-12;;;/h3-28H,1-2H3;1-10,13-14H,15-16H2;2*1H;/q;;;;+4. The van der Waals surface area contributed by atoms with Crippen molar-refractivity contribution in [2.24, 2.45) is 11.5 Å². The zero-order chi connectivity index (χ0) is 42.1. The molecule has 0 saturated carbocycles. The summed E-state index contributed by atoms with van der Waals surface area (Å²) in [6.45, 7) is 4.35. The molecule has 0 bridgehead atoms. The van der Waals surface area contributed by atoms with E-state index in [0.29, 0.717) is 0 Å². The molecule has 8 rings (SSSR count). The molecule has 8 aromatic carbocycles. The molecule has 0 aliphatic carbocycles. The SMILES string of the molecule is Cc1ccc(Oc2ccc(C)cc2[PH+](c2ccccc2)c2ccccc2)c([PH+](c2ccccc2)c2ccccc2)c1.NC(c1ccccc1)C(N)c1ccccc1.[Cl][Ru+2][Cl]. The van der Waals surface area contributed by atoms with Gasteiger partial charge in [0.2, 0.25) is 0 Å². The van der Waals surface area contributed by atoms with Gasteiger partial charge in [-0.3, -0.25) is 0 Å². The van der Waals surface area contributed by atoms with Crippen molar-refractivity contribution in [2.45, 2.75) is 25.9 Å². The Kier molecular flexibility index (Phi) is 17.7. The summed E-state index contributed by atoms with van der Waals surface area (Å²) in [5.41, 5.74) is 16.9. The molecule has 302 valence electrons. The average Bonchev–Trinajstić information content (AvgIpc) is 3.30. The molecule has 4 N–H and O–H groups in total. The second-order valence-corrected chi connectivity index (χ2v) is 21.8. The van der Waals surface area contributed by atoms with Gasteiger partial charge in [0, 0.05) is 12.1 Å². The minimum atomic E-state index is -1.31. The number of halogens is 2. The Labute approximate surface area is 374 Å². The molecule has 0 radical (unpaired) electrons. The van der Waals surface area contributed by atoms with Crippen LogP contribution in [-0.2, 0) is 15.1 Å². The Morgan fingerprint density at radius 1 is 0.400 bits per heavy atom. The van der Waals surface area contributed by atoms with E-state index in [9.17, 15) is 0 Å². The Hall–Kier alpha value is -4.46. The molecule has 2 atom stereocenters. The molecule has 60 heavy (non-hydrogen) atoms. The van der Waals surface area contributed by atoms with Crippen LogP contribution in [0.3, 0.4) is 0 Å². The van der Waals surface area contributed by atoms with Crippen LogP contribution in [0.25, 0.3) is 0 Å². The third-order valence-corrected chi connectivity index (χ3v) is 15.5. The summed E-state index contributed by atoms with van der Waals surface area (Å²) in [5, 5.41) is 7.94. The molecule has 8 heteroatoms. The van der Waals surface area contributed by atoms with Gasteiger partial charge in [0.05, 0.1) is 0 Å². The molecule has 3 nitrogen and oxygen atoms in total. The van der Waals surface area contributed by atoms with Gasteiger partial charge >= 0.3 is 34.5 Å². The fourth-order valence-corrected chi connectivity index (χ4v) is 12.6. The van der Waals surface area contributed by atoms with E-state index in [4.69, 9.17) is 35.6 Å². The van der Waals surface area contributed by atoms with Gasteiger partial charge in [-0.05, 0) is 109 Å². The number of benzene rings is 8. The van der Waals surface area contributed by atoms with Gasteiger partial charge in [-0.2, -0.15) is 0 Å². The maximum atomic E-state index is 7.05. The first-order valence-corrected chi connectivity index (χ1v) is 27.2. The predicted octanol–water partition coefficient (Wildman–Crippen LogP) is 10.8. The van der Waals surface area contributed by atoms with Crippen molar-refractivity contribution in [3.8, 4) is 11.5 Å².